The molecule has 42 heavy (non-hydrogen) atoms. The molecular weight excluding hydrogens is 548 g/mol. The standard InChI is InChI=1S/C31H42N8O2.H2S/c1-5-41-26-14-27(29-25(15-32)19-36-39(29)20-26)24-6-7-28(34-18-24)37-11-8-31(9-12-37,30(40)35-16-22(2)3)21-38-13-10-33-17-23(38)4;/h6-7,14,18-20,22-23,33H,5,8-13,16-17,21H2,1-4H3,(H,35,40);1H2/t23-;/m0./s1. The minimum atomic E-state index is -0.405. The van der Waals surface area contributed by atoms with Crippen LogP contribution in [0.5, 0.6) is 5.75 Å². The van der Waals surface area contributed by atoms with Gasteiger partial charge in [-0.05, 0) is 50.8 Å². The molecule has 0 saturated carbocycles. The summed E-state index contributed by atoms with van der Waals surface area (Å²) in [5.74, 6) is 2.19. The summed E-state index contributed by atoms with van der Waals surface area (Å²) in [6.07, 6.45) is 6.80. The number of pyridine rings is 2. The smallest absolute Gasteiger partial charge is 0.227 e. The van der Waals surface area contributed by atoms with Crippen LogP contribution in [0.15, 0.2) is 36.8 Å². The van der Waals surface area contributed by atoms with Gasteiger partial charge in [0.15, 0.2) is 0 Å². The molecule has 11 heteroatoms. The molecular formula is C31H44N8O2S. The maximum absolute atomic E-state index is 13.6. The second-order valence-corrected chi connectivity index (χ2v) is 11.8. The fourth-order valence-corrected chi connectivity index (χ4v) is 5.99. The fourth-order valence-electron chi connectivity index (χ4n) is 5.99. The lowest BCUT2D eigenvalue weighted by molar-refractivity contribution is -0.134. The SMILES string of the molecule is CCOc1cc(-c2ccc(N3CCC(CN4CCNC[C@@H]4C)(C(=O)NCC(C)C)CC3)nc2)c2c(C#N)cnn2c1.S. The topological polar surface area (TPSA) is 111 Å². The van der Waals surface area contributed by atoms with Crippen molar-refractivity contribution < 1.29 is 9.53 Å². The first-order valence-corrected chi connectivity index (χ1v) is 14.8. The number of carbonyl (C=O) groups is 1. The van der Waals surface area contributed by atoms with E-state index in [1.807, 2.05) is 31.3 Å². The minimum Gasteiger partial charge on any atom is -0.492 e. The van der Waals surface area contributed by atoms with E-state index in [0.717, 1.165) is 74.6 Å². The zero-order valence-corrected chi connectivity index (χ0v) is 26.2. The van der Waals surface area contributed by atoms with E-state index in [1.54, 1.807) is 16.9 Å². The molecule has 1 amide bonds. The molecule has 0 spiro atoms. The van der Waals surface area contributed by atoms with Gasteiger partial charge in [0.1, 0.15) is 17.6 Å². The Morgan fingerprint density at radius 1 is 1.26 bits per heavy atom. The molecule has 5 rings (SSSR count). The normalized spacial score (nSPS) is 18.9. The number of rotatable bonds is 9. The van der Waals surface area contributed by atoms with Crippen LogP contribution in [-0.4, -0.2) is 83.9 Å². The molecule has 10 nitrogen and oxygen atoms in total. The molecule has 2 saturated heterocycles. The summed E-state index contributed by atoms with van der Waals surface area (Å²) >= 11 is 0. The molecule has 0 bridgehead atoms. The van der Waals surface area contributed by atoms with Gasteiger partial charge in [0.2, 0.25) is 5.91 Å². The lowest BCUT2D eigenvalue weighted by Crippen LogP contribution is -2.59. The van der Waals surface area contributed by atoms with Crippen molar-refractivity contribution in [2.24, 2.45) is 11.3 Å². The summed E-state index contributed by atoms with van der Waals surface area (Å²) in [7, 11) is 0. The zero-order chi connectivity index (χ0) is 29.0. The van der Waals surface area contributed by atoms with E-state index >= 15 is 0 Å². The summed E-state index contributed by atoms with van der Waals surface area (Å²) in [6, 6.07) is 8.68. The number of nitriles is 1. The van der Waals surface area contributed by atoms with Gasteiger partial charge in [-0.2, -0.15) is 23.9 Å². The zero-order valence-electron chi connectivity index (χ0n) is 25.2. The number of hydrogen-bond acceptors (Lipinski definition) is 8. The quantitative estimate of drug-likeness (QED) is 0.389. The van der Waals surface area contributed by atoms with Crippen molar-refractivity contribution in [2.45, 2.75) is 46.6 Å². The minimum absolute atomic E-state index is 0. The van der Waals surface area contributed by atoms with Crippen LogP contribution in [0.1, 0.15) is 46.1 Å². The Labute approximate surface area is 255 Å². The van der Waals surface area contributed by atoms with Crippen molar-refractivity contribution in [3.8, 4) is 22.9 Å². The highest BCUT2D eigenvalue weighted by atomic mass is 32.1. The summed E-state index contributed by atoms with van der Waals surface area (Å²) in [6.45, 7) is 14.9. The predicted molar refractivity (Wildman–Crippen MR) is 170 cm³/mol. The first kappa shape index (κ1) is 31.6. The summed E-state index contributed by atoms with van der Waals surface area (Å²) < 4.78 is 7.45. The molecule has 2 aliphatic rings. The number of piperazine rings is 1. The average Bonchev–Trinajstić information content (AvgIpc) is 3.40. The Morgan fingerprint density at radius 3 is 2.69 bits per heavy atom. The number of ether oxygens (including phenoxy) is 1. The Kier molecular flexibility index (Phi) is 10.4. The van der Waals surface area contributed by atoms with Gasteiger partial charge in [0, 0.05) is 69.2 Å². The van der Waals surface area contributed by atoms with Gasteiger partial charge >= 0.3 is 0 Å². The van der Waals surface area contributed by atoms with Crippen LogP contribution >= 0.6 is 13.5 Å². The highest BCUT2D eigenvalue weighted by Gasteiger charge is 2.43. The van der Waals surface area contributed by atoms with Crippen LogP contribution in [0, 0.1) is 22.7 Å². The van der Waals surface area contributed by atoms with Crippen molar-refractivity contribution in [3.63, 3.8) is 0 Å². The molecule has 0 radical (unpaired) electrons. The molecule has 2 fully saturated rings. The molecule has 226 valence electrons. The third-order valence-electron chi connectivity index (χ3n) is 8.42. The van der Waals surface area contributed by atoms with Crippen LogP contribution in [0.25, 0.3) is 16.6 Å². The number of hydrogen-bond donors (Lipinski definition) is 2. The lowest BCUT2D eigenvalue weighted by atomic mass is 9.76. The molecule has 2 aliphatic heterocycles. The van der Waals surface area contributed by atoms with Crippen LogP contribution < -0.4 is 20.3 Å². The summed E-state index contributed by atoms with van der Waals surface area (Å²) in [5, 5.41) is 20.7. The van der Waals surface area contributed by atoms with Crippen molar-refractivity contribution in [3.05, 3.63) is 42.4 Å². The van der Waals surface area contributed by atoms with Crippen molar-refractivity contribution >= 4 is 30.7 Å². The number of nitrogens with zero attached hydrogens (tertiary/aromatic N) is 6. The third kappa shape index (κ3) is 6.66. The molecule has 5 heterocycles. The molecule has 0 unspecified atom stereocenters. The predicted octanol–water partition coefficient (Wildman–Crippen LogP) is 3.43. The average molecular weight is 593 g/mol. The molecule has 0 aromatic carbocycles. The number of anilines is 1. The van der Waals surface area contributed by atoms with Crippen molar-refractivity contribution in [1.82, 2.24) is 30.1 Å². The van der Waals surface area contributed by atoms with Gasteiger partial charge in [-0.15, -0.1) is 0 Å². The van der Waals surface area contributed by atoms with E-state index in [9.17, 15) is 10.1 Å². The number of aromatic nitrogens is 3. The largest absolute Gasteiger partial charge is 0.492 e. The van der Waals surface area contributed by atoms with Gasteiger partial charge in [0.05, 0.1) is 35.5 Å². The van der Waals surface area contributed by atoms with E-state index < -0.39 is 5.41 Å². The second kappa shape index (κ2) is 13.8. The van der Waals surface area contributed by atoms with E-state index in [4.69, 9.17) is 9.72 Å². The van der Waals surface area contributed by atoms with Crippen molar-refractivity contribution in [2.75, 3.05) is 57.3 Å². The fraction of sp³-hybridized carbons (Fsp3) is 0.548. The first-order valence-electron chi connectivity index (χ1n) is 14.8. The van der Waals surface area contributed by atoms with Gasteiger partial charge in [-0.3, -0.25) is 9.69 Å². The Bertz CT molecular complexity index is 1390. The summed E-state index contributed by atoms with van der Waals surface area (Å²) in [4.78, 5) is 23.2. The van der Waals surface area contributed by atoms with Crippen LogP contribution in [0.3, 0.4) is 0 Å². The van der Waals surface area contributed by atoms with Gasteiger partial charge in [0.25, 0.3) is 0 Å². The van der Waals surface area contributed by atoms with Crippen LogP contribution in [-0.2, 0) is 4.79 Å². The Morgan fingerprint density at radius 2 is 2.05 bits per heavy atom. The Hall–Kier alpha value is -3.33. The number of carbonyl (C=O) groups excluding carboxylic acids is 1. The van der Waals surface area contributed by atoms with Gasteiger partial charge < -0.3 is 20.3 Å². The summed E-state index contributed by atoms with van der Waals surface area (Å²) in [5.41, 5.74) is 2.59. The first-order chi connectivity index (χ1) is 19.8. The lowest BCUT2D eigenvalue weighted by Gasteiger charge is -2.46. The molecule has 0 aliphatic carbocycles. The monoisotopic (exact) mass is 592 g/mol. The van der Waals surface area contributed by atoms with Gasteiger partial charge in [-0.1, -0.05) is 13.8 Å². The van der Waals surface area contributed by atoms with Gasteiger partial charge in [-0.25, -0.2) is 9.50 Å². The highest BCUT2D eigenvalue weighted by Crippen LogP contribution is 2.36. The van der Waals surface area contributed by atoms with Crippen LogP contribution in [0.4, 0.5) is 5.82 Å². The van der Waals surface area contributed by atoms with E-state index in [-0.39, 0.29) is 19.4 Å². The highest BCUT2D eigenvalue weighted by molar-refractivity contribution is 7.59. The molecule has 2 N–H and O–H groups in total. The number of nitrogens with one attached hydrogen (secondary N) is 2. The maximum atomic E-state index is 13.6. The number of amides is 1. The van der Waals surface area contributed by atoms with E-state index in [1.165, 1.54) is 0 Å². The van der Waals surface area contributed by atoms with E-state index in [0.29, 0.717) is 36.4 Å². The third-order valence-corrected chi connectivity index (χ3v) is 8.42. The molecule has 3 aromatic rings. The number of piperidine rings is 1. The van der Waals surface area contributed by atoms with E-state index in [2.05, 4.69) is 52.4 Å². The molecule has 1 atom stereocenters. The van der Waals surface area contributed by atoms with Crippen molar-refractivity contribution in [1.29, 1.82) is 5.26 Å². The second-order valence-electron chi connectivity index (χ2n) is 11.8. The number of fused-ring (bicyclic) bond motifs is 1. The maximum Gasteiger partial charge on any atom is 0.227 e. The Balaban J connectivity index is 0.00000405. The van der Waals surface area contributed by atoms with Crippen LogP contribution in [0.2, 0.25) is 0 Å². The molecule has 3 aromatic heterocycles.